The Bertz CT molecular complexity index is 655. The van der Waals surface area contributed by atoms with Gasteiger partial charge in [-0.2, -0.15) is 0 Å². The Morgan fingerprint density at radius 1 is 1.45 bits per heavy atom. The van der Waals surface area contributed by atoms with Crippen molar-refractivity contribution in [2.45, 2.75) is 6.92 Å². The molecule has 0 saturated carbocycles. The average molecular weight is 294 g/mol. The van der Waals surface area contributed by atoms with Gasteiger partial charge in [0, 0.05) is 0 Å². The van der Waals surface area contributed by atoms with Crippen LogP contribution in [0.15, 0.2) is 18.2 Å². The van der Waals surface area contributed by atoms with Crippen molar-refractivity contribution in [3.05, 3.63) is 39.6 Å². The number of rotatable bonds is 4. The molecule has 1 aromatic carbocycles. The number of halogens is 1. The molecule has 2 aromatic rings. The lowest BCUT2D eigenvalue weighted by atomic mass is 10.2. The molecule has 0 bridgehead atoms. The van der Waals surface area contributed by atoms with Crippen molar-refractivity contribution in [3.63, 3.8) is 0 Å². The summed E-state index contributed by atoms with van der Waals surface area (Å²) in [5.74, 6) is -1.61. The highest BCUT2D eigenvalue weighted by molar-refractivity contribution is 7.14. The molecular weight excluding hydrogens is 283 g/mol. The van der Waals surface area contributed by atoms with Crippen LogP contribution < -0.4 is 0 Å². The Labute approximate surface area is 118 Å². The molecule has 2 rings (SSSR count). The number of aromatic nitrogens is 2. The van der Waals surface area contributed by atoms with Gasteiger partial charge in [-0.15, -0.1) is 10.2 Å². The van der Waals surface area contributed by atoms with Gasteiger partial charge in [0.2, 0.25) is 5.01 Å². The lowest BCUT2D eigenvalue weighted by molar-refractivity contribution is 0.0525. The topological polar surface area (TPSA) is 72.3 Å². The molecule has 0 aliphatic carbocycles. The van der Waals surface area contributed by atoms with E-state index in [4.69, 9.17) is 9.84 Å². The van der Waals surface area contributed by atoms with Gasteiger partial charge in [0.1, 0.15) is 5.01 Å². The van der Waals surface area contributed by atoms with E-state index in [0.717, 1.165) is 11.3 Å². The van der Waals surface area contributed by atoms with Gasteiger partial charge >= 0.3 is 5.97 Å². The fourth-order valence-corrected chi connectivity index (χ4v) is 2.01. The second kappa shape index (κ2) is 6.25. The summed E-state index contributed by atoms with van der Waals surface area (Å²) in [5, 5.41) is 17.3. The van der Waals surface area contributed by atoms with E-state index in [0.29, 0.717) is 10.6 Å². The van der Waals surface area contributed by atoms with Crippen molar-refractivity contribution < 1.29 is 19.0 Å². The van der Waals surface area contributed by atoms with Crippen LogP contribution in [0.4, 0.5) is 4.39 Å². The standard InChI is InChI=1S/C13H11FN2O3S/c1-2-19-13(18)12-16-15-11(20-12)6-4-8-3-5-10(17)9(14)7-8/h3-7,17H,2H2,1H3. The first kappa shape index (κ1) is 14.1. The summed E-state index contributed by atoms with van der Waals surface area (Å²) < 4.78 is 17.9. The third-order valence-corrected chi connectivity index (χ3v) is 3.15. The summed E-state index contributed by atoms with van der Waals surface area (Å²) in [6.45, 7) is 1.98. The molecule has 0 aliphatic rings. The molecule has 0 spiro atoms. The Morgan fingerprint density at radius 3 is 2.95 bits per heavy atom. The first-order valence-corrected chi connectivity index (χ1v) is 6.59. The molecule has 7 heteroatoms. The Hall–Kier alpha value is -2.28. The van der Waals surface area contributed by atoms with E-state index in [2.05, 4.69) is 10.2 Å². The van der Waals surface area contributed by atoms with Gasteiger partial charge in [0.05, 0.1) is 6.61 Å². The molecule has 1 heterocycles. The molecule has 0 atom stereocenters. The van der Waals surface area contributed by atoms with Crippen molar-refractivity contribution in [2.75, 3.05) is 6.61 Å². The number of benzene rings is 1. The normalized spacial score (nSPS) is 10.9. The molecule has 0 radical (unpaired) electrons. The molecule has 0 saturated heterocycles. The first-order chi connectivity index (χ1) is 9.60. The van der Waals surface area contributed by atoms with E-state index < -0.39 is 17.5 Å². The number of hydrogen-bond donors (Lipinski definition) is 1. The molecule has 104 valence electrons. The van der Waals surface area contributed by atoms with Gasteiger partial charge in [-0.3, -0.25) is 0 Å². The third-order valence-electron chi connectivity index (χ3n) is 2.28. The summed E-state index contributed by atoms with van der Waals surface area (Å²) in [7, 11) is 0. The second-order valence-electron chi connectivity index (χ2n) is 3.71. The van der Waals surface area contributed by atoms with Gasteiger partial charge in [0.25, 0.3) is 0 Å². The van der Waals surface area contributed by atoms with Crippen molar-refractivity contribution >= 4 is 29.5 Å². The fourth-order valence-electron chi connectivity index (χ4n) is 1.37. The molecule has 0 amide bonds. The van der Waals surface area contributed by atoms with Crippen LogP contribution in [0.3, 0.4) is 0 Å². The number of aromatic hydroxyl groups is 1. The van der Waals surface area contributed by atoms with Gasteiger partial charge < -0.3 is 9.84 Å². The van der Waals surface area contributed by atoms with Crippen LogP contribution in [-0.2, 0) is 4.74 Å². The summed E-state index contributed by atoms with van der Waals surface area (Å²) in [6, 6.07) is 4.01. The van der Waals surface area contributed by atoms with E-state index in [1.807, 2.05) is 0 Å². The van der Waals surface area contributed by atoms with Gasteiger partial charge in [0.15, 0.2) is 11.6 Å². The number of esters is 1. The van der Waals surface area contributed by atoms with Crippen molar-refractivity contribution in [1.82, 2.24) is 10.2 Å². The third kappa shape index (κ3) is 3.39. The van der Waals surface area contributed by atoms with Crippen LogP contribution >= 0.6 is 11.3 Å². The maximum atomic E-state index is 13.1. The maximum absolute atomic E-state index is 13.1. The number of carbonyl (C=O) groups is 1. The zero-order chi connectivity index (χ0) is 14.5. The predicted molar refractivity (Wildman–Crippen MR) is 72.9 cm³/mol. The van der Waals surface area contributed by atoms with Crippen LogP contribution in [0.2, 0.25) is 0 Å². The van der Waals surface area contributed by atoms with Gasteiger partial charge in [-0.05, 0) is 30.7 Å². The van der Waals surface area contributed by atoms with E-state index in [9.17, 15) is 9.18 Å². The monoisotopic (exact) mass is 294 g/mol. The van der Waals surface area contributed by atoms with Crippen LogP contribution in [0, 0.1) is 5.82 Å². The molecule has 0 unspecified atom stereocenters. The molecule has 1 aromatic heterocycles. The minimum absolute atomic E-state index is 0.170. The number of phenolic OH excluding ortho intramolecular Hbond substituents is 1. The molecule has 20 heavy (non-hydrogen) atoms. The highest BCUT2D eigenvalue weighted by Crippen LogP contribution is 2.19. The molecule has 1 N–H and O–H groups in total. The van der Waals surface area contributed by atoms with E-state index in [1.165, 1.54) is 12.1 Å². The van der Waals surface area contributed by atoms with Crippen molar-refractivity contribution in [1.29, 1.82) is 0 Å². The minimum atomic E-state index is -0.698. The molecule has 0 fully saturated rings. The zero-order valence-electron chi connectivity index (χ0n) is 10.5. The van der Waals surface area contributed by atoms with E-state index >= 15 is 0 Å². The quantitative estimate of drug-likeness (QED) is 0.878. The number of carbonyl (C=O) groups excluding carboxylic acids is 1. The maximum Gasteiger partial charge on any atom is 0.369 e. The second-order valence-corrected chi connectivity index (χ2v) is 4.72. The summed E-state index contributed by atoms with van der Waals surface area (Å²) in [6.07, 6.45) is 3.21. The lowest BCUT2D eigenvalue weighted by Gasteiger charge is -1.96. The highest BCUT2D eigenvalue weighted by Gasteiger charge is 2.12. The number of phenols is 1. The molecular formula is C13H11FN2O3S. The van der Waals surface area contributed by atoms with Crippen LogP contribution in [0.5, 0.6) is 5.75 Å². The van der Waals surface area contributed by atoms with E-state index in [1.54, 1.807) is 25.1 Å². The number of hydrogen-bond acceptors (Lipinski definition) is 6. The lowest BCUT2D eigenvalue weighted by Crippen LogP contribution is -2.03. The van der Waals surface area contributed by atoms with E-state index in [-0.39, 0.29) is 11.6 Å². The predicted octanol–water partition coefficient (Wildman–Crippen LogP) is 2.73. The van der Waals surface area contributed by atoms with Crippen molar-refractivity contribution in [2.24, 2.45) is 0 Å². The summed E-state index contributed by atoms with van der Waals surface area (Å²) in [5.41, 5.74) is 0.563. The SMILES string of the molecule is CCOC(=O)c1nnc(C=Cc2ccc(O)c(F)c2)s1. The first-order valence-electron chi connectivity index (χ1n) is 5.77. The summed E-state index contributed by atoms with van der Waals surface area (Å²) >= 11 is 1.08. The van der Waals surface area contributed by atoms with Gasteiger partial charge in [-0.25, -0.2) is 9.18 Å². The largest absolute Gasteiger partial charge is 0.505 e. The molecule has 0 aliphatic heterocycles. The Balaban J connectivity index is 2.11. The zero-order valence-corrected chi connectivity index (χ0v) is 11.4. The van der Waals surface area contributed by atoms with Crippen molar-refractivity contribution in [3.8, 4) is 5.75 Å². The highest BCUT2D eigenvalue weighted by atomic mass is 32.1. The van der Waals surface area contributed by atoms with Crippen LogP contribution in [-0.4, -0.2) is 27.9 Å². The number of ether oxygens (including phenoxy) is 1. The van der Waals surface area contributed by atoms with Crippen LogP contribution in [0.25, 0.3) is 12.2 Å². The smallest absolute Gasteiger partial charge is 0.369 e. The fraction of sp³-hybridized carbons (Fsp3) is 0.154. The van der Waals surface area contributed by atoms with Crippen LogP contribution in [0.1, 0.15) is 27.3 Å². The minimum Gasteiger partial charge on any atom is -0.505 e. The van der Waals surface area contributed by atoms with Gasteiger partial charge in [-0.1, -0.05) is 23.5 Å². The Morgan fingerprint density at radius 2 is 2.25 bits per heavy atom. The Kier molecular flexibility index (Phi) is 4.41. The molecule has 5 nitrogen and oxygen atoms in total. The number of nitrogens with zero attached hydrogens (tertiary/aromatic N) is 2. The summed E-state index contributed by atoms with van der Waals surface area (Å²) in [4.78, 5) is 11.4. The average Bonchev–Trinajstić information content (AvgIpc) is 2.89.